The summed E-state index contributed by atoms with van der Waals surface area (Å²) in [7, 11) is 2.06. The van der Waals surface area contributed by atoms with Crippen molar-refractivity contribution in [2.75, 3.05) is 26.7 Å². The Bertz CT molecular complexity index is 587. The number of amides is 2. The Hall–Kier alpha value is -1.88. The van der Waals surface area contributed by atoms with Crippen LogP contribution in [0.1, 0.15) is 42.9 Å². The van der Waals surface area contributed by atoms with Crippen molar-refractivity contribution in [1.82, 2.24) is 15.1 Å². The van der Waals surface area contributed by atoms with Crippen LogP contribution in [0, 0.1) is 0 Å². The van der Waals surface area contributed by atoms with Crippen LogP contribution < -0.4 is 5.32 Å². The second-order valence-corrected chi connectivity index (χ2v) is 6.64. The molecule has 0 aromatic heterocycles. The van der Waals surface area contributed by atoms with Gasteiger partial charge in [0.15, 0.2) is 0 Å². The Morgan fingerprint density at radius 3 is 2.96 bits per heavy atom. The zero-order valence-corrected chi connectivity index (χ0v) is 13.8. The van der Waals surface area contributed by atoms with Gasteiger partial charge in [-0.25, -0.2) is 0 Å². The first-order chi connectivity index (χ1) is 11.1. The molecule has 0 aliphatic carbocycles. The molecule has 1 aromatic carbocycles. The van der Waals surface area contributed by atoms with Crippen molar-refractivity contribution in [3.63, 3.8) is 0 Å². The fraction of sp³-hybridized carbons (Fsp3) is 0.556. The zero-order valence-electron chi connectivity index (χ0n) is 13.8. The van der Waals surface area contributed by atoms with Crippen molar-refractivity contribution in [2.45, 2.75) is 38.3 Å². The van der Waals surface area contributed by atoms with Crippen LogP contribution in [0.3, 0.4) is 0 Å². The van der Waals surface area contributed by atoms with E-state index in [0.717, 1.165) is 32.4 Å². The number of benzene rings is 1. The summed E-state index contributed by atoms with van der Waals surface area (Å²) in [5.74, 6) is 0.0502. The molecule has 1 fully saturated rings. The highest BCUT2D eigenvalue weighted by Gasteiger charge is 2.26. The summed E-state index contributed by atoms with van der Waals surface area (Å²) in [4.78, 5) is 28.4. The number of carbonyl (C=O) groups is 2. The van der Waals surface area contributed by atoms with Gasteiger partial charge in [0, 0.05) is 26.1 Å². The van der Waals surface area contributed by atoms with Gasteiger partial charge in [0.1, 0.15) is 0 Å². The minimum atomic E-state index is -0.0599. The monoisotopic (exact) mass is 315 g/mol. The number of nitrogens with one attached hydrogen (secondary N) is 1. The summed E-state index contributed by atoms with van der Waals surface area (Å²) in [6.07, 6.45) is 3.58. The van der Waals surface area contributed by atoms with Gasteiger partial charge in [-0.15, -0.1) is 0 Å². The van der Waals surface area contributed by atoms with E-state index >= 15 is 0 Å². The SMILES string of the molecule is CN1Cc2ccccc2C(NC(=O)CN2CCCCCC2=O)C1. The molecule has 5 nitrogen and oxygen atoms in total. The maximum Gasteiger partial charge on any atom is 0.240 e. The van der Waals surface area contributed by atoms with Crippen molar-refractivity contribution in [3.8, 4) is 0 Å². The third-order valence-corrected chi connectivity index (χ3v) is 4.71. The molecule has 0 spiro atoms. The van der Waals surface area contributed by atoms with Gasteiger partial charge in [0.25, 0.3) is 0 Å². The number of nitrogens with zero attached hydrogens (tertiary/aromatic N) is 2. The second kappa shape index (κ2) is 7.13. The molecule has 0 saturated carbocycles. The Labute approximate surface area is 137 Å². The summed E-state index contributed by atoms with van der Waals surface area (Å²) in [5, 5.41) is 3.12. The Kier molecular flexibility index (Phi) is 4.96. The molecule has 1 atom stereocenters. The number of hydrogen-bond acceptors (Lipinski definition) is 3. The van der Waals surface area contributed by atoms with Crippen molar-refractivity contribution >= 4 is 11.8 Å². The molecule has 0 bridgehead atoms. The van der Waals surface area contributed by atoms with Gasteiger partial charge in [-0.05, 0) is 31.0 Å². The first-order valence-electron chi connectivity index (χ1n) is 8.47. The summed E-state index contributed by atoms with van der Waals surface area (Å²) in [6, 6.07) is 8.25. The lowest BCUT2D eigenvalue weighted by Gasteiger charge is -2.33. The van der Waals surface area contributed by atoms with Crippen LogP contribution in [0.2, 0.25) is 0 Å². The molecular formula is C18H25N3O2. The van der Waals surface area contributed by atoms with Crippen LogP contribution in [-0.2, 0) is 16.1 Å². The number of carbonyl (C=O) groups excluding carboxylic acids is 2. The van der Waals surface area contributed by atoms with E-state index in [2.05, 4.69) is 29.4 Å². The highest BCUT2D eigenvalue weighted by Crippen LogP contribution is 2.25. The number of likely N-dealkylation sites (tertiary alicyclic amines) is 1. The number of hydrogen-bond donors (Lipinski definition) is 1. The lowest BCUT2D eigenvalue weighted by atomic mass is 9.96. The molecule has 23 heavy (non-hydrogen) atoms. The molecule has 2 aliphatic heterocycles. The number of rotatable bonds is 3. The highest BCUT2D eigenvalue weighted by atomic mass is 16.2. The largest absolute Gasteiger partial charge is 0.346 e. The minimum Gasteiger partial charge on any atom is -0.346 e. The van der Waals surface area contributed by atoms with E-state index < -0.39 is 0 Å². The fourth-order valence-corrected chi connectivity index (χ4v) is 3.53. The van der Waals surface area contributed by atoms with E-state index in [0.29, 0.717) is 13.0 Å². The quantitative estimate of drug-likeness (QED) is 0.923. The van der Waals surface area contributed by atoms with Gasteiger partial charge < -0.3 is 10.2 Å². The van der Waals surface area contributed by atoms with Crippen LogP contribution in [0.4, 0.5) is 0 Å². The molecule has 5 heteroatoms. The molecule has 1 aromatic rings. The predicted molar refractivity (Wildman–Crippen MR) is 88.7 cm³/mol. The average Bonchev–Trinajstić information content (AvgIpc) is 2.72. The van der Waals surface area contributed by atoms with Gasteiger partial charge in [0.2, 0.25) is 11.8 Å². The lowest BCUT2D eigenvalue weighted by Crippen LogP contribution is -2.45. The smallest absolute Gasteiger partial charge is 0.240 e. The van der Waals surface area contributed by atoms with Gasteiger partial charge in [-0.2, -0.15) is 0 Å². The van der Waals surface area contributed by atoms with E-state index in [1.807, 2.05) is 12.1 Å². The van der Waals surface area contributed by atoms with Crippen LogP contribution in [0.5, 0.6) is 0 Å². The number of fused-ring (bicyclic) bond motifs is 1. The average molecular weight is 315 g/mol. The standard InChI is InChI=1S/C18H25N3O2/c1-20-11-14-7-4-5-8-15(14)16(12-20)19-17(22)13-21-10-6-2-3-9-18(21)23/h4-5,7-8,16H,2-3,6,9-13H2,1H3,(H,19,22). The Morgan fingerprint density at radius 1 is 1.26 bits per heavy atom. The normalized spacial score (nSPS) is 22.4. The van der Waals surface area contributed by atoms with E-state index in [1.54, 1.807) is 4.90 Å². The van der Waals surface area contributed by atoms with E-state index in [4.69, 9.17) is 0 Å². The lowest BCUT2D eigenvalue weighted by molar-refractivity contribution is -0.135. The van der Waals surface area contributed by atoms with Gasteiger partial charge in [0.05, 0.1) is 12.6 Å². The van der Waals surface area contributed by atoms with Crippen LogP contribution in [0.15, 0.2) is 24.3 Å². The molecule has 1 saturated heterocycles. The first-order valence-corrected chi connectivity index (χ1v) is 8.47. The van der Waals surface area contributed by atoms with Crippen molar-refractivity contribution < 1.29 is 9.59 Å². The second-order valence-electron chi connectivity index (χ2n) is 6.64. The molecule has 1 N–H and O–H groups in total. The summed E-state index contributed by atoms with van der Waals surface area (Å²) < 4.78 is 0. The van der Waals surface area contributed by atoms with E-state index in [-0.39, 0.29) is 24.4 Å². The van der Waals surface area contributed by atoms with E-state index in [1.165, 1.54) is 11.1 Å². The molecule has 2 amide bonds. The van der Waals surface area contributed by atoms with Crippen LogP contribution in [0.25, 0.3) is 0 Å². The van der Waals surface area contributed by atoms with Crippen molar-refractivity contribution in [3.05, 3.63) is 35.4 Å². The van der Waals surface area contributed by atoms with Gasteiger partial charge in [-0.1, -0.05) is 30.7 Å². The summed E-state index contributed by atoms with van der Waals surface area (Å²) in [6.45, 7) is 2.60. The first kappa shape index (κ1) is 16.0. The third-order valence-electron chi connectivity index (χ3n) is 4.71. The third kappa shape index (κ3) is 3.91. The molecule has 3 rings (SSSR count). The zero-order chi connectivity index (χ0) is 16.2. The molecule has 2 aliphatic rings. The summed E-state index contributed by atoms with van der Waals surface area (Å²) >= 11 is 0. The Morgan fingerprint density at radius 2 is 2.09 bits per heavy atom. The number of likely N-dealkylation sites (N-methyl/N-ethyl adjacent to an activating group) is 1. The molecule has 124 valence electrons. The van der Waals surface area contributed by atoms with Crippen LogP contribution >= 0.6 is 0 Å². The predicted octanol–water partition coefficient (Wildman–Crippen LogP) is 1.69. The van der Waals surface area contributed by atoms with Gasteiger partial charge >= 0.3 is 0 Å². The van der Waals surface area contributed by atoms with E-state index in [9.17, 15) is 9.59 Å². The maximum atomic E-state index is 12.4. The molecule has 1 unspecified atom stereocenters. The van der Waals surface area contributed by atoms with Crippen LogP contribution in [-0.4, -0.2) is 48.3 Å². The van der Waals surface area contributed by atoms with Gasteiger partial charge in [-0.3, -0.25) is 14.5 Å². The highest BCUT2D eigenvalue weighted by molar-refractivity contribution is 5.85. The molecule has 0 radical (unpaired) electrons. The fourth-order valence-electron chi connectivity index (χ4n) is 3.53. The minimum absolute atomic E-state index is 0.000435. The van der Waals surface area contributed by atoms with Crippen molar-refractivity contribution in [2.24, 2.45) is 0 Å². The Balaban J connectivity index is 1.64. The maximum absolute atomic E-state index is 12.4. The molecular weight excluding hydrogens is 290 g/mol. The molecule has 2 heterocycles. The van der Waals surface area contributed by atoms with Crippen molar-refractivity contribution in [1.29, 1.82) is 0 Å². The topological polar surface area (TPSA) is 52.7 Å². The summed E-state index contributed by atoms with van der Waals surface area (Å²) in [5.41, 5.74) is 2.46.